The van der Waals surface area contributed by atoms with Crippen molar-refractivity contribution in [3.63, 3.8) is 0 Å². The first kappa shape index (κ1) is 12.3. The smallest absolute Gasteiger partial charge is 0.184 e. The van der Waals surface area contributed by atoms with E-state index in [2.05, 4.69) is 15.5 Å². The van der Waals surface area contributed by atoms with Gasteiger partial charge in [-0.1, -0.05) is 24.3 Å². The van der Waals surface area contributed by atoms with E-state index in [0.29, 0.717) is 18.1 Å². The Balaban J connectivity index is 1.95. The van der Waals surface area contributed by atoms with E-state index in [4.69, 9.17) is 5.73 Å². The van der Waals surface area contributed by atoms with Crippen LogP contribution in [0.15, 0.2) is 48.5 Å². The number of rotatable bonds is 3. The highest BCUT2D eigenvalue weighted by Gasteiger charge is 2.11. The minimum Gasteiger partial charge on any atom is -0.398 e. The standard InChI is InChI=1S/C14H12FN5/c15-11-7-5-10(6-8-11)9-20-14(17-18-19-20)12-3-1-2-4-13(12)16/h1-8H,9,16H2. The van der Waals surface area contributed by atoms with Crippen molar-refractivity contribution in [1.29, 1.82) is 0 Å². The first-order valence-corrected chi connectivity index (χ1v) is 6.09. The molecule has 0 aliphatic heterocycles. The normalized spacial score (nSPS) is 10.7. The second kappa shape index (κ2) is 5.08. The topological polar surface area (TPSA) is 69.6 Å². The summed E-state index contributed by atoms with van der Waals surface area (Å²) in [6, 6.07) is 13.6. The van der Waals surface area contributed by atoms with Crippen molar-refractivity contribution in [2.24, 2.45) is 0 Å². The van der Waals surface area contributed by atoms with Crippen molar-refractivity contribution in [2.75, 3.05) is 5.73 Å². The molecule has 2 N–H and O–H groups in total. The zero-order chi connectivity index (χ0) is 13.9. The number of para-hydroxylation sites is 1. The number of benzene rings is 2. The lowest BCUT2D eigenvalue weighted by molar-refractivity contribution is 0.622. The third-order valence-electron chi connectivity index (χ3n) is 2.98. The van der Waals surface area contributed by atoms with Gasteiger partial charge in [0.1, 0.15) is 5.82 Å². The van der Waals surface area contributed by atoms with Crippen LogP contribution in [-0.4, -0.2) is 20.2 Å². The molecule has 3 aromatic rings. The summed E-state index contributed by atoms with van der Waals surface area (Å²) in [6.45, 7) is 0.455. The van der Waals surface area contributed by atoms with Gasteiger partial charge in [0.15, 0.2) is 5.82 Å². The number of hydrogen-bond acceptors (Lipinski definition) is 4. The molecule has 0 aliphatic rings. The van der Waals surface area contributed by atoms with Gasteiger partial charge in [0.25, 0.3) is 0 Å². The summed E-state index contributed by atoms with van der Waals surface area (Å²) in [5.41, 5.74) is 8.24. The fourth-order valence-corrected chi connectivity index (χ4v) is 1.97. The molecule has 0 spiro atoms. The Morgan fingerprint density at radius 2 is 1.80 bits per heavy atom. The van der Waals surface area contributed by atoms with Crippen LogP contribution in [0, 0.1) is 5.82 Å². The van der Waals surface area contributed by atoms with Crippen LogP contribution in [0.1, 0.15) is 5.56 Å². The van der Waals surface area contributed by atoms with Gasteiger partial charge in [-0.3, -0.25) is 0 Å². The summed E-state index contributed by atoms with van der Waals surface area (Å²) in [7, 11) is 0. The summed E-state index contributed by atoms with van der Waals surface area (Å²) in [4.78, 5) is 0. The summed E-state index contributed by atoms with van der Waals surface area (Å²) < 4.78 is 14.5. The molecule has 2 aromatic carbocycles. The number of tetrazole rings is 1. The summed E-state index contributed by atoms with van der Waals surface area (Å²) in [5.74, 6) is 0.324. The van der Waals surface area contributed by atoms with Gasteiger partial charge < -0.3 is 5.73 Å². The highest BCUT2D eigenvalue weighted by Crippen LogP contribution is 2.23. The van der Waals surface area contributed by atoms with Crippen LogP contribution < -0.4 is 5.73 Å². The third kappa shape index (κ3) is 2.35. The van der Waals surface area contributed by atoms with Gasteiger partial charge in [-0.05, 0) is 40.3 Å². The maximum atomic E-state index is 12.9. The highest BCUT2D eigenvalue weighted by atomic mass is 19.1. The maximum absolute atomic E-state index is 12.9. The SMILES string of the molecule is Nc1ccccc1-c1nnnn1Cc1ccc(F)cc1. The quantitative estimate of drug-likeness (QED) is 0.739. The van der Waals surface area contributed by atoms with E-state index in [0.717, 1.165) is 11.1 Å². The van der Waals surface area contributed by atoms with Crippen molar-refractivity contribution < 1.29 is 4.39 Å². The molecule has 0 amide bonds. The van der Waals surface area contributed by atoms with Crippen LogP contribution in [0.4, 0.5) is 10.1 Å². The zero-order valence-electron chi connectivity index (χ0n) is 10.6. The molecule has 6 heteroatoms. The molecule has 0 saturated carbocycles. The van der Waals surface area contributed by atoms with Gasteiger partial charge in [0.05, 0.1) is 6.54 Å². The van der Waals surface area contributed by atoms with E-state index in [1.807, 2.05) is 18.2 Å². The number of hydrogen-bond donors (Lipinski definition) is 1. The van der Waals surface area contributed by atoms with Crippen molar-refractivity contribution in [3.05, 3.63) is 59.9 Å². The molecule has 0 unspecified atom stereocenters. The number of anilines is 1. The van der Waals surface area contributed by atoms with Gasteiger partial charge in [-0.25, -0.2) is 9.07 Å². The Bertz CT molecular complexity index is 720. The van der Waals surface area contributed by atoms with E-state index in [1.165, 1.54) is 12.1 Å². The van der Waals surface area contributed by atoms with Crippen LogP contribution in [-0.2, 0) is 6.54 Å². The average molecular weight is 269 g/mol. The van der Waals surface area contributed by atoms with E-state index in [-0.39, 0.29) is 5.82 Å². The third-order valence-corrected chi connectivity index (χ3v) is 2.98. The minimum absolute atomic E-state index is 0.266. The van der Waals surface area contributed by atoms with E-state index in [1.54, 1.807) is 22.9 Å². The Labute approximate surface area is 114 Å². The average Bonchev–Trinajstić information content (AvgIpc) is 2.90. The molecule has 0 radical (unpaired) electrons. The second-order valence-corrected chi connectivity index (χ2v) is 4.37. The van der Waals surface area contributed by atoms with Gasteiger partial charge in [0, 0.05) is 11.3 Å². The van der Waals surface area contributed by atoms with Crippen LogP contribution in [0.3, 0.4) is 0 Å². The van der Waals surface area contributed by atoms with Crippen LogP contribution in [0.5, 0.6) is 0 Å². The molecule has 0 atom stereocenters. The molecule has 0 fully saturated rings. The lowest BCUT2D eigenvalue weighted by atomic mass is 10.1. The van der Waals surface area contributed by atoms with Gasteiger partial charge in [-0.2, -0.15) is 0 Å². The van der Waals surface area contributed by atoms with Gasteiger partial charge in [-0.15, -0.1) is 5.10 Å². The van der Waals surface area contributed by atoms with Crippen molar-refractivity contribution in [2.45, 2.75) is 6.54 Å². The molecule has 5 nitrogen and oxygen atoms in total. The maximum Gasteiger partial charge on any atom is 0.184 e. The van der Waals surface area contributed by atoms with Crippen molar-refractivity contribution in [1.82, 2.24) is 20.2 Å². The summed E-state index contributed by atoms with van der Waals surface area (Å²) in [5, 5.41) is 11.7. The second-order valence-electron chi connectivity index (χ2n) is 4.37. The van der Waals surface area contributed by atoms with E-state index in [9.17, 15) is 4.39 Å². The summed E-state index contributed by atoms with van der Waals surface area (Å²) >= 11 is 0. The molecule has 0 aliphatic carbocycles. The fourth-order valence-electron chi connectivity index (χ4n) is 1.97. The molecule has 0 saturated heterocycles. The van der Waals surface area contributed by atoms with Gasteiger partial charge in [0.2, 0.25) is 0 Å². The Morgan fingerprint density at radius 3 is 2.55 bits per heavy atom. The highest BCUT2D eigenvalue weighted by molar-refractivity contribution is 5.71. The number of aromatic nitrogens is 4. The first-order chi connectivity index (χ1) is 9.74. The molecule has 100 valence electrons. The Morgan fingerprint density at radius 1 is 1.05 bits per heavy atom. The predicted molar refractivity (Wildman–Crippen MR) is 73.2 cm³/mol. The minimum atomic E-state index is -0.266. The molecular formula is C14H12FN5. The molecule has 1 aromatic heterocycles. The molecule has 1 heterocycles. The molecule has 20 heavy (non-hydrogen) atoms. The van der Waals surface area contributed by atoms with E-state index < -0.39 is 0 Å². The largest absolute Gasteiger partial charge is 0.398 e. The van der Waals surface area contributed by atoms with Gasteiger partial charge >= 0.3 is 0 Å². The number of halogens is 1. The lowest BCUT2D eigenvalue weighted by Crippen LogP contribution is -2.05. The monoisotopic (exact) mass is 269 g/mol. The molecule has 0 bridgehead atoms. The number of nitrogens with zero attached hydrogens (tertiary/aromatic N) is 4. The first-order valence-electron chi connectivity index (χ1n) is 6.09. The van der Waals surface area contributed by atoms with Crippen molar-refractivity contribution in [3.8, 4) is 11.4 Å². The Hall–Kier alpha value is -2.76. The van der Waals surface area contributed by atoms with Crippen molar-refractivity contribution >= 4 is 5.69 Å². The zero-order valence-corrected chi connectivity index (χ0v) is 10.6. The lowest BCUT2D eigenvalue weighted by Gasteiger charge is -2.06. The number of nitrogen functional groups attached to an aromatic ring is 1. The molecular weight excluding hydrogens is 257 g/mol. The van der Waals surface area contributed by atoms with Crippen LogP contribution >= 0.6 is 0 Å². The molecule has 3 rings (SSSR count). The van der Waals surface area contributed by atoms with Crippen LogP contribution in [0.2, 0.25) is 0 Å². The number of nitrogens with two attached hydrogens (primary N) is 1. The van der Waals surface area contributed by atoms with Crippen LogP contribution in [0.25, 0.3) is 11.4 Å². The Kier molecular flexibility index (Phi) is 3.12. The summed E-state index contributed by atoms with van der Waals surface area (Å²) in [6.07, 6.45) is 0. The fraction of sp³-hybridized carbons (Fsp3) is 0.0714. The van der Waals surface area contributed by atoms with E-state index >= 15 is 0 Å². The predicted octanol–water partition coefficient (Wildman–Crippen LogP) is 2.11.